The smallest absolute Gasteiger partial charge is 0.311 e. The van der Waals surface area contributed by atoms with Crippen molar-refractivity contribution in [3.8, 4) is 0 Å². The van der Waals surface area contributed by atoms with Crippen molar-refractivity contribution >= 4 is 17.5 Å². The summed E-state index contributed by atoms with van der Waals surface area (Å²) in [5.74, 6) is -0.816. The molecule has 5 aliphatic rings. The molecule has 0 saturated heterocycles. The molecule has 5 rings (SSSR count). The number of hydrogen-bond acceptors (Lipinski definition) is 5. The monoisotopic (exact) mass is 344 g/mol. The molecule has 5 aliphatic carbocycles. The number of hydrogen-bond donors (Lipinski definition) is 0. The first-order chi connectivity index (χ1) is 12.1. The number of carbonyl (C=O) groups is 3. The van der Waals surface area contributed by atoms with E-state index in [1.807, 2.05) is 12.2 Å². The van der Waals surface area contributed by atoms with E-state index < -0.39 is 12.2 Å². The minimum absolute atomic E-state index is 0.0253. The molecule has 0 radical (unpaired) electrons. The van der Waals surface area contributed by atoms with Crippen molar-refractivity contribution in [1.29, 1.82) is 0 Å². The van der Waals surface area contributed by atoms with E-state index in [1.54, 1.807) is 6.92 Å². The summed E-state index contributed by atoms with van der Waals surface area (Å²) in [4.78, 5) is 37.7. The standard InChI is InChI=1S/C20H24O5/c1-9(24-10-4-2-3-5-10)25-20(23)14-8-13-15-11-6-7-12(18(11)21)16(15)17(14)19(13)22/h6-7,9-17H,2-5,8H2,1H3. The predicted octanol–water partition coefficient (Wildman–Crippen LogP) is 2.29. The third-order valence-corrected chi connectivity index (χ3v) is 7.24. The van der Waals surface area contributed by atoms with Gasteiger partial charge in [0, 0.05) is 23.7 Å². The van der Waals surface area contributed by atoms with E-state index in [2.05, 4.69) is 0 Å². The summed E-state index contributed by atoms with van der Waals surface area (Å²) >= 11 is 0. The molecule has 0 spiro atoms. The van der Waals surface area contributed by atoms with E-state index in [1.165, 1.54) is 12.8 Å². The molecule has 8 unspecified atom stereocenters. The molecule has 25 heavy (non-hydrogen) atoms. The fourth-order valence-corrected chi connectivity index (χ4v) is 6.35. The number of Topliss-reactive ketones (excluding diaryl/α,β-unsaturated/α-hetero) is 2. The summed E-state index contributed by atoms with van der Waals surface area (Å²) < 4.78 is 11.3. The van der Waals surface area contributed by atoms with Crippen LogP contribution in [0.3, 0.4) is 0 Å². The van der Waals surface area contributed by atoms with Crippen LogP contribution in [0.4, 0.5) is 0 Å². The molecule has 4 fully saturated rings. The van der Waals surface area contributed by atoms with Crippen LogP contribution in [0, 0.1) is 41.4 Å². The Labute approximate surface area is 147 Å². The first kappa shape index (κ1) is 15.7. The lowest BCUT2D eigenvalue weighted by Gasteiger charge is -2.33. The highest BCUT2D eigenvalue weighted by Crippen LogP contribution is 2.64. The molecular formula is C20H24O5. The highest BCUT2D eigenvalue weighted by molar-refractivity contribution is 6.01. The Bertz CT molecular complexity index is 661. The molecular weight excluding hydrogens is 320 g/mol. The lowest BCUT2D eigenvalue weighted by Crippen LogP contribution is -2.37. The van der Waals surface area contributed by atoms with Crippen molar-refractivity contribution in [1.82, 2.24) is 0 Å². The quantitative estimate of drug-likeness (QED) is 0.339. The Hall–Kier alpha value is -1.49. The van der Waals surface area contributed by atoms with Crippen LogP contribution in [-0.4, -0.2) is 29.9 Å². The van der Waals surface area contributed by atoms with Gasteiger partial charge in [0.25, 0.3) is 0 Å². The maximum atomic E-state index is 12.7. The molecule has 5 nitrogen and oxygen atoms in total. The second-order valence-electron chi connectivity index (χ2n) is 8.42. The third-order valence-electron chi connectivity index (χ3n) is 7.24. The van der Waals surface area contributed by atoms with Crippen molar-refractivity contribution in [2.45, 2.75) is 51.4 Å². The van der Waals surface area contributed by atoms with Gasteiger partial charge in [-0.3, -0.25) is 14.4 Å². The summed E-state index contributed by atoms with van der Waals surface area (Å²) in [6, 6.07) is 0. The zero-order valence-electron chi connectivity index (χ0n) is 14.4. The van der Waals surface area contributed by atoms with Crippen molar-refractivity contribution in [2.24, 2.45) is 41.4 Å². The zero-order valence-corrected chi connectivity index (χ0v) is 14.4. The highest BCUT2D eigenvalue weighted by atomic mass is 16.7. The summed E-state index contributed by atoms with van der Waals surface area (Å²) in [5.41, 5.74) is 0. The molecule has 0 heterocycles. The number of fused-ring (bicyclic) bond motifs is 9. The normalized spacial score (nSPS) is 45.4. The molecule has 0 aromatic rings. The molecule has 0 N–H and O–H groups in total. The van der Waals surface area contributed by atoms with Crippen LogP contribution in [0.2, 0.25) is 0 Å². The van der Waals surface area contributed by atoms with Crippen molar-refractivity contribution in [3.05, 3.63) is 12.2 Å². The summed E-state index contributed by atoms with van der Waals surface area (Å²) in [7, 11) is 0. The molecule has 0 aromatic heterocycles. The molecule has 0 aliphatic heterocycles. The maximum absolute atomic E-state index is 12.7. The average molecular weight is 344 g/mol. The Morgan fingerprint density at radius 1 is 1.08 bits per heavy atom. The van der Waals surface area contributed by atoms with E-state index in [0.29, 0.717) is 6.42 Å². The minimum Gasteiger partial charge on any atom is -0.436 e. The second-order valence-corrected chi connectivity index (χ2v) is 8.42. The van der Waals surface area contributed by atoms with Crippen LogP contribution >= 0.6 is 0 Å². The highest BCUT2D eigenvalue weighted by Gasteiger charge is 2.69. The predicted molar refractivity (Wildman–Crippen MR) is 87.1 cm³/mol. The van der Waals surface area contributed by atoms with Crippen molar-refractivity contribution in [3.63, 3.8) is 0 Å². The first-order valence-corrected chi connectivity index (χ1v) is 9.68. The Morgan fingerprint density at radius 3 is 2.48 bits per heavy atom. The van der Waals surface area contributed by atoms with E-state index in [9.17, 15) is 14.4 Å². The molecule has 5 heteroatoms. The average Bonchev–Trinajstić information content (AvgIpc) is 3.37. The zero-order chi connectivity index (χ0) is 17.3. The Morgan fingerprint density at radius 2 is 1.76 bits per heavy atom. The minimum atomic E-state index is -0.567. The van der Waals surface area contributed by atoms with Gasteiger partial charge in [-0.05, 0) is 38.0 Å². The van der Waals surface area contributed by atoms with E-state index >= 15 is 0 Å². The van der Waals surface area contributed by atoms with Gasteiger partial charge in [0.2, 0.25) is 0 Å². The van der Waals surface area contributed by atoms with Gasteiger partial charge in [0.1, 0.15) is 11.6 Å². The maximum Gasteiger partial charge on any atom is 0.311 e. The van der Waals surface area contributed by atoms with Gasteiger partial charge < -0.3 is 9.47 Å². The van der Waals surface area contributed by atoms with E-state index in [4.69, 9.17) is 9.47 Å². The lowest BCUT2D eigenvalue weighted by atomic mass is 9.69. The molecule has 134 valence electrons. The first-order valence-electron chi connectivity index (χ1n) is 9.68. The van der Waals surface area contributed by atoms with Gasteiger partial charge in [0.05, 0.1) is 12.0 Å². The van der Waals surface area contributed by atoms with Gasteiger partial charge in [-0.25, -0.2) is 0 Å². The number of carbonyl (C=O) groups excluding carboxylic acids is 3. The van der Waals surface area contributed by atoms with Crippen LogP contribution in [0.1, 0.15) is 39.0 Å². The summed E-state index contributed by atoms with van der Waals surface area (Å²) in [6.45, 7) is 1.76. The number of allylic oxidation sites excluding steroid dienone is 2. The van der Waals surface area contributed by atoms with Gasteiger partial charge in [0.15, 0.2) is 6.29 Å². The van der Waals surface area contributed by atoms with Gasteiger partial charge >= 0.3 is 5.97 Å². The topological polar surface area (TPSA) is 69.7 Å². The summed E-state index contributed by atoms with van der Waals surface area (Å²) in [6.07, 6.45) is 8.47. The van der Waals surface area contributed by atoms with Crippen LogP contribution in [-0.2, 0) is 23.9 Å². The van der Waals surface area contributed by atoms with Crippen molar-refractivity contribution < 1.29 is 23.9 Å². The molecule has 4 saturated carbocycles. The van der Waals surface area contributed by atoms with Gasteiger partial charge in [-0.1, -0.05) is 25.0 Å². The Balaban J connectivity index is 1.28. The molecule has 8 atom stereocenters. The number of esters is 1. The second kappa shape index (κ2) is 5.50. The van der Waals surface area contributed by atoms with Crippen LogP contribution in [0.25, 0.3) is 0 Å². The SMILES string of the molecule is CC(OC(=O)C1CC2C(=O)C1C1C3C=CC(C3=O)C21)OC1CCCC1. The summed E-state index contributed by atoms with van der Waals surface area (Å²) in [5, 5.41) is 0. The molecule has 0 amide bonds. The van der Waals surface area contributed by atoms with Gasteiger partial charge in [-0.15, -0.1) is 0 Å². The van der Waals surface area contributed by atoms with Crippen LogP contribution in [0.5, 0.6) is 0 Å². The number of rotatable bonds is 4. The molecule has 0 aromatic carbocycles. The fraction of sp³-hybridized carbons (Fsp3) is 0.750. The molecule has 4 bridgehead atoms. The fourth-order valence-electron chi connectivity index (χ4n) is 6.35. The number of ketones is 2. The number of ether oxygens (including phenoxy) is 2. The largest absolute Gasteiger partial charge is 0.436 e. The van der Waals surface area contributed by atoms with Crippen molar-refractivity contribution in [2.75, 3.05) is 0 Å². The lowest BCUT2D eigenvalue weighted by molar-refractivity contribution is -0.191. The van der Waals surface area contributed by atoms with Gasteiger partial charge in [-0.2, -0.15) is 0 Å². The Kier molecular flexibility index (Phi) is 3.46. The van der Waals surface area contributed by atoms with Crippen LogP contribution < -0.4 is 0 Å². The van der Waals surface area contributed by atoms with Crippen LogP contribution in [0.15, 0.2) is 12.2 Å². The van der Waals surface area contributed by atoms with E-state index in [-0.39, 0.29) is 59.1 Å². The third kappa shape index (κ3) is 2.14. The van der Waals surface area contributed by atoms with E-state index in [0.717, 1.165) is 12.8 Å².